The van der Waals surface area contributed by atoms with Gasteiger partial charge in [0, 0.05) is 11.1 Å². The number of alkyl halides is 26. The van der Waals surface area contributed by atoms with Crippen LogP contribution in [-0.4, -0.2) is 65.7 Å². The van der Waals surface area contributed by atoms with Crippen LogP contribution in [0.2, 0.25) is 0 Å². The van der Waals surface area contributed by atoms with Crippen LogP contribution in [0.1, 0.15) is 11.1 Å². The molecule has 0 nitrogen and oxygen atoms in total. The second-order valence-electron chi connectivity index (χ2n) is 8.80. The summed E-state index contributed by atoms with van der Waals surface area (Å²) in [5, 5.41) is 0. The molecule has 0 fully saturated rings. The summed E-state index contributed by atoms with van der Waals surface area (Å²) in [6.45, 7) is 1.87. The van der Waals surface area contributed by atoms with Crippen LogP contribution in [0.25, 0.3) is 5.57 Å². The normalized spacial score (nSPS) is 16.1. The van der Waals surface area contributed by atoms with Crippen molar-refractivity contribution in [1.29, 1.82) is 0 Å². The summed E-state index contributed by atoms with van der Waals surface area (Å²) in [6, 6.07) is -3.56. The topological polar surface area (TPSA) is 0 Å². The fraction of sp³-hybridized carbons (Fsp3) is 0.600. The van der Waals surface area contributed by atoms with E-state index in [9.17, 15) is 114 Å². The Morgan fingerprint density at radius 1 is 0.348 bits per heavy atom. The van der Waals surface area contributed by atoms with Gasteiger partial charge in [-0.15, -0.1) is 0 Å². The molecule has 46 heavy (non-hydrogen) atoms. The second-order valence-corrected chi connectivity index (χ2v) is 8.80. The highest BCUT2D eigenvalue weighted by atomic mass is 19.4. The molecule has 26 heteroatoms. The molecule has 0 saturated heterocycles. The van der Waals surface area contributed by atoms with Crippen LogP contribution < -0.4 is 0 Å². The van der Waals surface area contributed by atoms with E-state index in [-0.39, 0.29) is 0 Å². The van der Waals surface area contributed by atoms with Gasteiger partial charge in [-0.05, 0) is 5.56 Å². The fourth-order valence-corrected chi connectivity index (χ4v) is 2.97. The lowest BCUT2D eigenvalue weighted by Crippen LogP contribution is -2.70. The molecule has 0 saturated carbocycles. The molecule has 0 radical (unpaired) electrons. The number of hydrogen-bond acceptors (Lipinski definition) is 0. The van der Waals surface area contributed by atoms with Crippen molar-refractivity contribution >= 4 is 5.57 Å². The molecule has 0 amide bonds. The fourth-order valence-electron chi connectivity index (χ4n) is 2.97. The molecule has 0 heterocycles. The zero-order valence-electron chi connectivity index (χ0n) is 20.3. The quantitative estimate of drug-likeness (QED) is 0.198. The Hall–Kier alpha value is -2.86. The summed E-state index contributed by atoms with van der Waals surface area (Å²) in [7, 11) is 0. The van der Waals surface area contributed by atoms with Gasteiger partial charge in [0.05, 0.1) is 0 Å². The number of hydrogen-bond donors (Lipinski definition) is 0. The lowest BCUT2D eigenvalue weighted by Gasteiger charge is -2.40. The molecule has 268 valence electrons. The average Bonchev–Trinajstić information content (AvgIpc) is 2.85. The Labute approximate surface area is 234 Å². The SMILES string of the molecule is C=C(c1ccc(C(F)(F)C(F)(F)C(F)(F)C(F)(F)C(F)(F)C(F)(F)F)cc1)C(F)(F)C(F)(F)C(F)(F)C(F)(F)C(F)(F)C(F)(F)F. The largest absolute Gasteiger partial charge is 0.460 e. The summed E-state index contributed by atoms with van der Waals surface area (Å²) in [6.07, 6.45) is -15.6. The summed E-state index contributed by atoms with van der Waals surface area (Å²) < 4.78 is 345. The van der Waals surface area contributed by atoms with E-state index in [1.807, 2.05) is 6.58 Å². The highest BCUT2D eigenvalue weighted by molar-refractivity contribution is 5.70. The van der Waals surface area contributed by atoms with Gasteiger partial charge < -0.3 is 0 Å². The van der Waals surface area contributed by atoms with E-state index in [2.05, 4.69) is 0 Å². The molecular formula is C20H6F26. The summed E-state index contributed by atoms with van der Waals surface area (Å²) in [4.78, 5) is 0. The molecule has 0 unspecified atom stereocenters. The zero-order chi connectivity index (χ0) is 37.6. The van der Waals surface area contributed by atoms with Crippen molar-refractivity contribution in [2.45, 2.75) is 71.6 Å². The molecule has 1 aromatic carbocycles. The Morgan fingerprint density at radius 3 is 0.891 bits per heavy atom. The van der Waals surface area contributed by atoms with Gasteiger partial charge in [0.1, 0.15) is 0 Å². The van der Waals surface area contributed by atoms with Crippen LogP contribution in [0.4, 0.5) is 114 Å². The van der Waals surface area contributed by atoms with Crippen molar-refractivity contribution in [3.63, 3.8) is 0 Å². The van der Waals surface area contributed by atoms with Crippen molar-refractivity contribution in [2.24, 2.45) is 0 Å². The lowest BCUT2D eigenvalue weighted by atomic mass is 9.87. The third-order valence-electron chi connectivity index (χ3n) is 5.84. The number of rotatable bonds is 11. The van der Waals surface area contributed by atoms with Crippen molar-refractivity contribution in [1.82, 2.24) is 0 Å². The van der Waals surface area contributed by atoms with E-state index < -0.39 is 113 Å². The Bertz CT molecular complexity index is 1270. The maximum atomic E-state index is 14.2. The Kier molecular flexibility index (Phi) is 9.46. The molecule has 1 rings (SSSR count). The molecule has 0 aliphatic heterocycles. The van der Waals surface area contributed by atoms with Crippen molar-refractivity contribution in [3.05, 3.63) is 42.0 Å². The van der Waals surface area contributed by atoms with Gasteiger partial charge in [-0.2, -0.15) is 114 Å². The van der Waals surface area contributed by atoms with Crippen LogP contribution in [0, 0.1) is 0 Å². The van der Waals surface area contributed by atoms with Gasteiger partial charge in [-0.25, -0.2) is 0 Å². The van der Waals surface area contributed by atoms with Crippen LogP contribution in [-0.2, 0) is 5.92 Å². The van der Waals surface area contributed by atoms with Crippen LogP contribution in [0.15, 0.2) is 30.8 Å². The van der Waals surface area contributed by atoms with Crippen molar-refractivity contribution in [2.75, 3.05) is 0 Å². The minimum Gasteiger partial charge on any atom is -0.194 e. The van der Waals surface area contributed by atoms with E-state index in [0.717, 1.165) is 0 Å². The summed E-state index contributed by atoms with van der Waals surface area (Å²) in [5.41, 5.74) is -8.21. The minimum absolute atomic E-state index is 0.785. The second kappa shape index (κ2) is 10.6. The minimum atomic E-state index is -8.40. The summed E-state index contributed by atoms with van der Waals surface area (Å²) in [5.74, 6) is -80.1. The van der Waals surface area contributed by atoms with Gasteiger partial charge >= 0.3 is 71.6 Å². The molecule has 0 aromatic heterocycles. The lowest BCUT2D eigenvalue weighted by molar-refractivity contribution is -0.441. The first kappa shape index (κ1) is 41.2. The monoisotopic (exact) mass is 740 g/mol. The third-order valence-corrected chi connectivity index (χ3v) is 5.84. The van der Waals surface area contributed by atoms with Gasteiger partial charge in [0.25, 0.3) is 0 Å². The smallest absolute Gasteiger partial charge is 0.194 e. The first-order valence-corrected chi connectivity index (χ1v) is 10.3. The van der Waals surface area contributed by atoms with E-state index >= 15 is 0 Å². The summed E-state index contributed by atoms with van der Waals surface area (Å²) >= 11 is 0. The first-order valence-electron chi connectivity index (χ1n) is 10.3. The number of benzene rings is 1. The molecule has 0 bridgehead atoms. The van der Waals surface area contributed by atoms with E-state index in [4.69, 9.17) is 0 Å². The maximum absolute atomic E-state index is 14.2. The molecule has 1 aromatic rings. The molecule has 0 aliphatic carbocycles. The first-order chi connectivity index (χ1) is 19.6. The van der Waals surface area contributed by atoms with Gasteiger partial charge in [0.15, 0.2) is 0 Å². The molecular weight excluding hydrogens is 734 g/mol. The Morgan fingerprint density at radius 2 is 0.609 bits per heavy atom. The standard InChI is InChI=1S/C20H6F26/c1-6(9(21,22)11(25,26)13(29,30)15(33,34)17(37,38)19(41,42)43)7-2-4-8(5-3-7)10(23,24)12(27,28)14(31,32)16(35,36)18(39,40)20(44,45)46/h2-5H,1H2. The van der Waals surface area contributed by atoms with E-state index in [0.29, 0.717) is 0 Å². The zero-order valence-corrected chi connectivity index (χ0v) is 20.3. The maximum Gasteiger partial charge on any atom is 0.460 e. The third kappa shape index (κ3) is 5.18. The van der Waals surface area contributed by atoms with Crippen LogP contribution >= 0.6 is 0 Å². The van der Waals surface area contributed by atoms with Gasteiger partial charge in [-0.3, -0.25) is 0 Å². The van der Waals surface area contributed by atoms with Gasteiger partial charge in [0.2, 0.25) is 0 Å². The predicted molar refractivity (Wildman–Crippen MR) is 96.0 cm³/mol. The highest BCUT2D eigenvalue weighted by Gasteiger charge is 2.92. The van der Waals surface area contributed by atoms with E-state index in [1.165, 1.54) is 0 Å². The van der Waals surface area contributed by atoms with Gasteiger partial charge in [-0.1, -0.05) is 30.8 Å². The molecule has 0 atom stereocenters. The van der Waals surface area contributed by atoms with E-state index in [1.54, 1.807) is 0 Å². The van der Waals surface area contributed by atoms with Crippen LogP contribution in [0.5, 0.6) is 0 Å². The highest BCUT2D eigenvalue weighted by Crippen LogP contribution is 2.64. The molecule has 0 N–H and O–H groups in total. The predicted octanol–water partition coefficient (Wildman–Crippen LogP) is 10.6. The number of halogens is 26. The van der Waals surface area contributed by atoms with Crippen LogP contribution in [0.3, 0.4) is 0 Å². The van der Waals surface area contributed by atoms with Crippen molar-refractivity contribution < 1.29 is 114 Å². The Balaban J connectivity index is 3.67. The molecule has 0 aliphatic rings. The molecule has 0 spiro atoms. The number of allylic oxidation sites excluding steroid dienone is 1. The van der Waals surface area contributed by atoms with Crippen molar-refractivity contribution in [3.8, 4) is 0 Å². The average molecular weight is 740 g/mol.